The van der Waals surface area contributed by atoms with E-state index in [-0.39, 0.29) is 5.41 Å². The Morgan fingerprint density at radius 3 is 2.52 bits per heavy atom. The molecule has 4 rings (SSSR count). The van der Waals surface area contributed by atoms with Crippen molar-refractivity contribution in [2.24, 2.45) is 23.2 Å². The Morgan fingerprint density at radius 2 is 1.83 bits per heavy atom. The SMILES string of the molecule is Cc1cccc2c1N(C(=O)C13CC(C[C@@H](C)C1)C[C@H](C)C3)CC2. The van der Waals surface area contributed by atoms with Gasteiger partial charge in [-0.3, -0.25) is 4.79 Å². The summed E-state index contributed by atoms with van der Waals surface area (Å²) < 4.78 is 0. The number of hydrogen-bond acceptors (Lipinski definition) is 1. The van der Waals surface area contributed by atoms with Crippen molar-refractivity contribution in [3.63, 3.8) is 0 Å². The average Bonchev–Trinajstić information content (AvgIpc) is 2.90. The van der Waals surface area contributed by atoms with E-state index in [2.05, 4.69) is 43.9 Å². The molecule has 0 aromatic heterocycles. The summed E-state index contributed by atoms with van der Waals surface area (Å²) in [4.78, 5) is 15.8. The van der Waals surface area contributed by atoms with Crippen molar-refractivity contribution in [1.82, 2.24) is 0 Å². The fraction of sp³-hybridized carbons (Fsp3) is 0.667. The molecule has 0 radical (unpaired) electrons. The average molecular weight is 311 g/mol. The molecular formula is C21H29NO. The van der Waals surface area contributed by atoms with Crippen LogP contribution < -0.4 is 4.90 Å². The van der Waals surface area contributed by atoms with Gasteiger partial charge in [-0.2, -0.15) is 0 Å². The van der Waals surface area contributed by atoms with Gasteiger partial charge in [-0.15, -0.1) is 0 Å². The molecule has 2 bridgehead atoms. The molecule has 2 fully saturated rings. The van der Waals surface area contributed by atoms with Gasteiger partial charge in [0.1, 0.15) is 0 Å². The van der Waals surface area contributed by atoms with E-state index in [1.165, 1.54) is 29.7 Å². The molecule has 2 nitrogen and oxygen atoms in total. The second-order valence-electron chi connectivity index (χ2n) is 8.73. The van der Waals surface area contributed by atoms with Gasteiger partial charge in [0.05, 0.1) is 5.41 Å². The molecule has 0 saturated heterocycles. The third kappa shape index (κ3) is 2.42. The zero-order valence-electron chi connectivity index (χ0n) is 14.8. The van der Waals surface area contributed by atoms with Gasteiger partial charge in [-0.1, -0.05) is 32.0 Å². The summed E-state index contributed by atoms with van der Waals surface area (Å²) in [5, 5.41) is 0. The van der Waals surface area contributed by atoms with Gasteiger partial charge in [0.25, 0.3) is 0 Å². The summed E-state index contributed by atoms with van der Waals surface area (Å²) in [6, 6.07) is 6.47. The quantitative estimate of drug-likeness (QED) is 0.734. The van der Waals surface area contributed by atoms with Crippen molar-refractivity contribution in [3.8, 4) is 0 Å². The van der Waals surface area contributed by atoms with Crippen molar-refractivity contribution in [2.45, 2.75) is 59.3 Å². The molecule has 0 spiro atoms. The monoisotopic (exact) mass is 311 g/mol. The standard InChI is InChI=1S/C21H29NO/c1-14-9-17-10-15(2)12-21(11-14,13-17)20(23)22-8-7-18-6-4-5-16(3)19(18)22/h4-6,14-15,17H,7-13H2,1-3H3/t14-,15+,17?,21?. The van der Waals surface area contributed by atoms with Crippen LogP contribution >= 0.6 is 0 Å². The predicted molar refractivity (Wildman–Crippen MR) is 94.6 cm³/mol. The molecule has 3 aliphatic rings. The number of rotatable bonds is 1. The van der Waals surface area contributed by atoms with Crippen LogP contribution in [0.15, 0.2) is 18.2 Å². The van der Waals surface area contributed by atoms with Crippen molar-refractivity contribution in [2.75, 3.05) is 11.4 Å². The number of carbonyl (C=O) groups excluding carboxylic acids is 1. The van der Waals surface area contributed by atoms with Crippen LogP contribution in [-0.4, -0.2) is 12.5 Å². The fourth-order valence-corrected chi connectivity index (χ4v) is 6.11. The van der Waals surface area contributed by atoms with E-state index in [9.17, 15) is 4.79 Å². The molecule has 124 valence electrons. The maximum absolute atomic E-state index is 13.7. The first-order chi connectivity index (χ1) is 11.0. The lowest BCUT2D eigenvalue weighted by atomic mass is 9.56. The molecule has 2 aliphatic carbocycles. The molecule has 1 aliphatic heterocycles. The van der Waals surface area contributed by atoms with E-state index in [0.717, 1.165) is 38.1 Å². The minimum Gasteiger partial charge on any atom is -0.311 e. The number of amides is 1. The first kappa shape index (κ1) is 15.2. The van der Waals surface area contributed by atoms with Crippen LogP contribution in [0.4, 0.5) is 5.69 Å². The molecule has 1 aromatic rings. The van der Waals surface area contributed by atoms with E-state index >= 15 is 0 Å². The number of nitrogens with zero attached hydrogens (tertiary/aromatic N) is 1. The molecule has 2 heteroatoms. The minimum absolute atomic E-state index is 0.0795. The Kier molecular flexibility index (Phi) is 3.55. The lowest BCUT2D eigenvalue weighted by molar-refractivity contribution is -0.136. The van der Waals surface area contributed by atoms with Crippen LogP contribution in [0.3, 0.4) is 0 Å². The van der Waals surface area contributed by atoms with E-state index < -0.39 is 0 Å². The first-order valence-corrected chi connectivity index (χ1v) is 9.39. The number of aryl methyl sites for hydroxylation is 1. The Morgan fingerprint density at radius 1 is 1.13 bits per heavy atom. The van der Waals surface area contributed by atoms with Gasteiger partial charge in [0.15, 0.2) is 0 Å². The summed E-state index contributed by atoms with van der Waals surface area (Å²) in [5.41, 5.74) is 3.76. The summed E-state index contributed by atoms with van der Waals surface area (Å²) in [6.07, 6.45) is 7.02. The molecular weight excluding hydrogens is 282 g/mol. The Hall–Kier alpha value is -1.31. The van der Waals surface area contributed by atoms with Gasteiger partial charge in [-0.25, -0.2) is 0 Å². The Labute approximate surface area is 140 Å². The summed E-state index contributed by atoms with van der Waals surface area (Å²) in [5.74, 6) is 2.60. The zero-order valence-corrected chi connectivity index (χ0v) is 14.8. The second kappa shape index (κ2) is 5.36. The summed E-state index contributed by atoms with van der Waals surface area (Å²) in [6.45, 7) is 7.74. The van der Waals surface area contributed by atoms with E-state index in [1.54, 1.807) is 0 Å². The maximum atomic E-state index is 13.7. The zero-order chi connectivity index (χ0) is 16.2. The number of carbonyl (C=O) groups is 1. The number of para-hydroxylation sites is 1. The largest absolute Gasteiger partial charge is 0.311 e. The molecule has 0 N–H and O–H groups in total. The molecule has 4 atom stereocenters. The van der Waals surface area contributed by atoms with Gasteiger partial charge in [-0.05, 0) is 74.3 Å². The third-order valence-corrected chi connectivity index (χ3v) is 6.52. The highest BCUT2D eigenvalue weighted by molar-refractivity contribution is 6.00. The molecule has 2 saturated carbocycles. The van der Waals surface area contributed by atoms with E-state index in [1.807, 2.05) is 0 Å². The number of hydrogen-bond donors (Lipinski definition) is 0. The molecule has 1 heterocycles. The lowest BCUT2D eigenvalue weighted by Gasteiger charge is -2.50. The highest BCUT2D eigenvalue weighted by atomic mass is 16.2. The van der Waals surface area contributed by atoms with Gasteiger partial charge in [0, 0.05) is 12.2 Å². The van der Waals surface area contributed by atoms with E-state index in [0.29, 0.717) is 17.7 Å². The normalized spacial score (nSPS) is 36.0. The van der Waals surface area contributed by atoms with Gasteiger partial charge in [0.2, 0.25) is 5.91 Å². The van der Waals surface area contributed by atoms with Crippen LogP contribution in [0.2, 0.25) is 0 Å². The minimum atomic E-state index is -0.0795. The Balaban J connectivity index is 1.69. The fourth-order valence-electron chi connectivity index (χ4n) is 6.11. The van der Waals surface area contributed by atoms with Crippen LogP contribution in [0.25, 0.3) is 0 Å². The van der Waals surface area contributed by atoms with Crippen molar-refractivity contribution in [3.05, 3.63) is 29.3 Å². The Bertz CT molecular complexity index is 615. The second-order valence-corrected chi connectivity index (χ2v) is 8.73. The van der Waals surface area contributed by atoms with Gasteiger partial charge >= 0.3 is 0 Å². The first-order valence-electron chi connectivity index (χ1n) is 9.39. The third-order valence-electron chi connectivity index (χ3n) is 6.52. The summed E-state index contributed by atoms with van der Waals surface area (Å²) >= 11 is 0. The molecule has 1 aromatic carbocycles. The van der Waals surface area contributed by atoms with Crippen LogP contribution in [-0.2, 0) is 11.2 Å². The highest BCUT2D eigenvalue weighted by Crippen LogP contribution is 2.54. The molecule has 2 unspecified atom stereocenters. The number of benzene rings is 1. The smallest absolute Gasteiger partial charge is 0.233 e. The van der Waals surface area contributed by atoms with Crippen molar-refractivity contribution in [1.29, 1.82) is 0 Å². The van der Waals surface area contributed by atoms with Crippen molar-refractivity contribution >= 4 is 11.6 Å². The van der Waals surface area contributed by atoms with Crippen molar-refractivity contribution < 1.29 is 4.79 Å². The predicted octanol–water partition coefficient (Wildman–Crippen LogP) is 4.74. The van der Waals surface area contributed by atoms with Crippen LogP contribution in [0.1, 0.15) is 57.1 Å². The van der Waals surface area contributed by atoms with Crippen LogP contribution in [0, 0.1) is 30.1 Å². The lowest BCUT2D eigenvalue weighted by Crippen LogP contribution is -2.50. The molecule has 1 amide bonds. The van der Waals surface area contributed by atoms with Crippen LogP contribution in [0.5, 0.6) is 0 Å². The summed E-state index contributed by atoms with van der Waals surface area (Å²) in [7, 11) is 0. The van der Waals surface area contributed by atoms with Gasteiger partial charge < -0.3 is 4.90 Å². The van der Waals surface area contributed by atoms with E-state index in [4.69, 9.17) is 0 Å². The number of anilines is 1. The molecule has 23 heavy (non-hydrogen) atoms. The highest BCUT2D eigenvalue weighted by Gasteiger charge is 2.51. The topological polar surface area (TPSA) is 20.3 Å². The maximum Gasteiger partial charge on any atom is 0.233 e. The number of fused-ring (bicyclic) bond motifs is 3.